The van der Waals surface area contributed by atoms with Gasteiger partial charge in [0.1, 0.15) is 5.75 Å². The van der Waals surface area contributed by atoms with Gasteiger partial charge in [0.25, 0.3) is 0 Å². The third kappa shape index (κ3) is 4.55. The predicted octanol–water partition coefficient (Wildman–Crippen LogP) is 4.27. The molecule has 0 saturated carbocycles. The largest absolute Gasteiger partial charge is 0.497 e. The monoisotopic (exact) mass is 366 g/mol. The van der Waals surface area contributed by atoms with Crippen LogP contribution in [-0.2, 0) is 11.3 Å². The van der Waals surface area contributed by atoms with Crippen molar-refractivity contribution in [2.75, 3.05) is 12.9 Å². The first-order valence-corrected chi connectivity index (χ1v) is 9.44. The fraction of sp³-hybridized carbons (Fsp3) is 0.238. The SMILES string of the molecule is COc1ccc2c(C)cc(SCC(=O)NCc3ccc(C)cc3)nc2c1. The Labute approximate surface area is 158 Å². The quantitative estimate of drug-likeness (QED) is 0.662. The second-order valence-corrected chi connectivity index (χ2v) is 7.21. The lowest BCUT2D eigenvalue weighted by Crippen LogP contribution is -2.24. The number of amides is 1. The number of aromatic nitrogens is 1. The van der Waals surface area contributed by atoms with Crippen molar-refractivity contribution in [1.82, 2.24) is 10.3 Å². The Morgan fingerprint density at radius 2 is 1.88 bits per heavy atom. The number of carbonyl (C=O) groups is 1. The maximum Gasteiger partial charge on any atom is 0.230 e. The smallest absolute Gasteiger partial charge is 0.230 e. The molecule has 1 heterocycles. The Morgan fingerprint density at radius 1 is 1.12 bits per heavy atom. The van der Waals surface area contributed by atoms with E-state index in [9.17, 15) is 4.79 Å². The fourth-order valence-electron chi connectivity index (χ4n) is 2.65. The Kier molecular flexibility index (Phi) is 5.78. The molecule has 3 rings (SSSR count). The van der Waals surface area contributed by atoms with E-state index in [1.807, 2.05) is 55.5 Å². The van der Waals surface area contributed by atoms with E-state index in [1.165, 1.54) is 17.3 Å². The van der Waals surface area contributed by atoms with Crippen LogP contribution in [0, 0.1) is 13.8 Å². The molecule has 3 aromatic rings. The number of fused-ring (bicyclic) bond motifs is 1. The van der Waals surface area contributed by atoms with Crippen LogP contribution in [0.2, 0.25) is 0 Å². The summed E-state index contributed by atoms with van der Waals surface area (Å²) in [4.78, 5) is 16.8. The summed E-state index contributed by atoms with van der Waals surface area (Å²) < 4.78 is 5.27. The number of nitrogens with zero attached hydrogens (tertiary/aromatic N) is 1. The number of methoxy groups -OCH3 is 1. The second-order valence-electron chi connectivity index (χ2n) is 6.21. The highest BCUT2D eigenvalue weighted by Gasteiger charge is 2.08. The summed E-state index contributed by atoms with van der Waals surface area (Å²) in [6.45, 7) is 4.65. The van der Waals surface area contributed by atoms with E-state index < -0.39 is 0 Å². The van der Waals surface area contributed by atoms with Crippen LogP contribution in [0.3, 0.4) is 0 Å². The van der Waals surface area contributed by atoms with E-state index in [1.54, 1.807) is 7.11 Å². The molecule has 26 heavy (non-hydrogen) atoms. The lowest BCUT2D eigenvalue weighted by atomic mass is 10.1. The average Bonchev–Trinajstić information content (AvgIpc) is 2.65. The third-order valence-electron chi connectivity index (χ3n) is 4.16. The number of benzene rings is 2. The minimum absolute atomic E-state index is 0.000710. The molecule has 1 amide bonds. The van der Waals surface area contributed by atoms with Crippen molar-refractivity contribution in [3.8, 4) is 5.75 Å². The van der Waals surface area contributed by atoms with E-state index in [0.717, 1.165) is 32.8 Å². The van der Waals surface area contributed by atoms with Crippen LogP contribution in [-0.4, -0.2) is 23.8 Å². The van der Waals surface area contributed by atoms with Gasteiger partial charge in [-0.3, -0.25) is 4.79 Å². The zero-order chi connectivity index (χ0) is 18.5. The summed E-state index contributed by atoms with van der Waals surface area (Å²) in [5, 5.41) is 4.89. The molecule has 1 aromatic heterocycles. The van der Waals surface area contributed by atoms with Crippen LogP contribution in [0.25, 0.3) is 10.9 Å². The van der Waals surface area contributed by atoms with Crippen molar-refractivity contribution in [2.24, 2.45) is 0 Å². The molecule has 0 aliphatic rings. The lowest BCUT2D eigenvalue weighted by Gasteiger charge is -2.08. The van der Waals surface area contributed by atoms with Crippen LogP contribution in [0.4, 0.5) is 0 Å². The van der Waals surface area contributed by atoms with Gasteiger partial charge in [0.05, 0.1) is 23.4 Å². The first-order valence-electron chi connectivity index (χ1n) is 8.45. The third-order valence-corrected chi connectivity index (χ3v) is 5.07. The molecule has 0 fully saturated rings. The zero-order valence-electron chi connectivity index (χ0n) is 15.2. The van der Waals surface area contributed by atoms with E-state index in [2.05, 4.69) is 17.2 Å². The number of pyridine rings is 1. The van der Waals surface area contributed by atoms with Crippen LogP contribution >= 0.6 is 11.8 Å². The van der Waals surface area contributed by atoms with Gasteiger partial charge < -0.3 is 10.1 Å². The van der Waals surface area contributed by atoms with Crippen molar-refractivity contribution in [3.05, 3.63) is 65.2 Å². The number of hydrogen-bond acceptors (Lipinski definition) is 4. The van der Waals surface area contributed by atoms with Crippen LogP contribution in [0.1, 0.15) is 16.7 Å². The minimum atomic E-state index is 0.000710. The maximum absolute atomic E-state index is 12.1. The number of ether oxygens (including phenoxy) is 1. The Hall–Kier alpha value is -2.53. The molecule has 5 heteroatoms. The van der Waals surface area contributed by atoms with Gasteiger partial charge in [0.15, 0.2) is 0 Å². The summed E-state index contributed by atoms with van der Waals surface area (Å²) in [7, 11) is 1.64. The fourth-order valence-corrected chi connectivity index (χ4v) is 3.45. The number of hydrogen-bond donors (Lipinski definition) is 1. The second kappa shape index (κ2) is 8.23. The molecule has 0 unspecified atom stereocenters. The van der Waals surface area contributed by atoms with Gasteiger partial charge in [-0.2, -0.15) is 0 Å². The summed E-state index contributed by atoms with van der Waals surface area (Å²) in [6, 6.07) is 16.0. The molecule has 0 aliphatic carbocycles. The van der Waals surface area contributed by atoms with Crippen molar-refractivity contribution in [3.63, 3.8) is 0 Å². The maximum atomic E-state index is 12.1. The first-order chi connectivity index (χ1) is 12.5. The number of nitrogens with one attached hydrogen (secondary N) is 1. The highest BCUT2D eigenvalue weighted by atomic mass is 32.2. The molecule has 2 aromatic carbocycles. The normalized spacial score (nSPS) is 10.7. The van der Waals surface area contributed by atoms with Gasteiger partial charge in [0.2, 0.25) is 5.91 Å². The summed E-state index contributed by atoms with van der Waals surface area (Å²) in [5.74, 6) is 1.12. The number of thioether (sulfide) groups is 1. The highest BCUT2D eigenvalue weighted by Crippen LogP contribution is 2.26. The molecule has 134 valence electrons. The molecule has 0 atom stereocenters. The van der Waals surface area contributed by atoms with Gasteiger partial charge in [-0.05, 0) is 43.2 Å². The number of rotatable bonds is 6. The van der Waals surface area contributed by atoms with Crippen molar-refractivity contribution in [1.29, 1.82) is 0 Å². The van der Waals surface area contributed by atoms with E-state index in [4.69, 9.17) is 4.74 Å². The summed E-state index contributed by atoms with van der Waals surface area (Å²) in [5.41, 5.74) is 4.33. The van der Waals surface area contributed by atoms with Crippen molar-refractivity contribution < 1.29 is 9.53 Å². The molecule has 4 nitrogen and oxygen atoms in total. The van der Waals surface area contributed by atoms with E-state index in [-0.39, 0.29) is 5.91 Å². The average molecular weight is 366 g/mol. The van der Waals surface area contributed by atoms with Crippen LogP contribution in [0.15, 0.2) is 53.6 Å². The van der Waals surface area contributed by atoms with Gasteiger partial charge >= 0.3 is 0 Å². The van der Waals surface area contributed by atoms with Crippen molar-refractivity contribution in [2.45, 2.75) is 25.4 Å². The Balaban J connectivity index is 1.61. The topological polar surface area (TPSA) is 51.2 Å². The highest BCUT2D eigenvalue weighted by molar-refractivity contribution is 7.99. The molecule has 0 saturated heterocycles. The molecule has 0 radical (unpaired) electrons. The number of carbonyl (C=O) groups excluding carboxylic acids is 1. The van der Waals surface area contributed by atoms with Crippen LogP contribution in [0.5, 0.6) is 5.75 Å². The molecular weight excluding hydrogens is 344 g/mol. The molecule has 0 spiro atoms. The predicted molar refractivity (Wildman–Crippen MR) is 107 cm³/mol. The Bertz CT molecular complexity index is 923. The van der Waals surface area contributed by atoms with Gasteiger partial charge in [-0.25, -0.2) is 4.98 Å². The van der Waals surface area contributed by atoms with E-state index >= 15 is 0 Å². The zero-order valence-corrected chi connectivity index (χ0v) is 16.0. The molecule has 0 aliphatic heterocycles. The van der Waals surface area contributed by atoms with E-state index in [0.29, 0.717) is 12.3 Å². The van der Waals surface area contributed by atoms with Gasteiger partial charge in [-0.15, -0.1) is 0 Å². The molecule has 1 N–H and O–H groups in total. The lowest BCUT2D eigenvalue weighted by molar-refractivity contribution is -0.118. The first kappa shape index (κ1) is 18.3. The van der Waals surface area contributed by atoms with Crippen LogP contribution < -0.4 is 10.1 Å². The standard InChI is InChI=1S/C21H22N2O2S/c1-14-4-6-16(7-5-14)12-22-20(24)13-26-21-10-15(2)18-9-8-17(25-3)11-19(18)23-21/h4-11H,12-13H2,1-3H3,(H,22,24). The molecule has 0 bridgehead atoms. The number of aryl methyl sites for hydroxylation is 2. The van der Waals surface area contributed by atoms with Crippen molar-refractivity contribution >= 4 is 28.6 Å². The summed E-state index contributed by atoms with van der Waals surface area (Å²) in [6.07, 6.45) is 0. The van der Waals surface area contributed by atoms with Gasteiger partial charge in [-0.1, -0.05) is 41.6 Å². The van der Waals surface area contributed by atoms with Gasteiger partial charge in [0, 0.05) is 18.0 Å². The minimum Gasteiger partial charge on any atom is -0.497 e. The Morgan fingerprint density at radius 3 is 2.62 bits per heavy atom. The summed E-state index contributed by atoms with van der Waals surface area (Å²) >= 11 is 1.44. The molecular formula is C21H22N2O2S.